The van der Waals surface area contributed by atoms with Gasteiger partial charge in [-0.05, 0) is 64.2 Å². The van der Waals surface area contributed by atoms with Crippen LogP contribution in [0.15, 0.2) is 36.5 Å². The Kier molecular flexibility index (Phi) is 69.9. The molecule has 0 saturated carbocycles. The number of esters is 1. The molecule has 0 aromatic carbocycles. The maximum absolute atomic E-state index is 12.4. The molecule has 0 aliphatic rings. The summed E-state index contributed by atoms with van der Waals surface area (Å²) in [7, 11) is 0. The molecule has 2 unspecified atom stereocenters. The third kappa shape index (κ3) is 67.2. The standard InChI is InChI=1S/C76H145NO5/c1-3-5-7-9-11-13-14-15-16-40-44-47-50-54-58-62-66-70-76(81)82-71-67-63-59-55-51-48-45-42-39-37-35-33-31-29-27-25-23-21-19-17-18-20-22-24-26-28-30-32-34-36-38-41-43-46-49-53-57-61-65-69-75(80)77-73(72-78)74(79)68-64-60-56-52-12-10-8-6-4-2/h17-18,21,23,64,68,73-74,78-79H,3-16,19-20,22,24-63,65-67,69-72H2,1-2H3,(H,77,80)/b18-17-,23-21-,68-64+. The molecule has 6 heteroatoms. The van der Waals surface area contributed by atoms with Gasteiger partial charge in [-0.15, -0.1) is 0 Å². The maximum atomic E-state index is 12.4. The molecule has 2 atom stereocenters. The Morgan fingerprint density at radius 3 is 0.927 bits per heavy atom. The molecule has 0 aliphatic heterocycles. The summed E-state index contributed by atoms with van der Waals surface area (Å²) in [6.45, 7) is 4.91. The number of amides is 1. The average molecular weight is 1150 g/mol. The van der Waals surface area contributed by atoms with E-state index in [0.29, 0.717) is 19.4 Å². The van der Waals surface area contributed by atoms with Crippen molar-refractivity contribution < 1.29 is 24.5 Å². The topological polar surface area (TPSA) is 95.9 Å². The summed E-state index contributed by atoms with van der Waals surface area (Å²) in [5.41, 5.74) is 0. The van der Waals surface area contributed by atoms with Gasteiger partial charge in [0.05, 0.1) is 25.4 Å². The summed E-state index contributed by atoms with van der Waals surface area (Å²) < 4.78 is 5.51. The molecule has 0 heterocycles. The smallest absolute Gasteiger partial charge is 0.305 e. The monoisotopic (exact) mass is 1150 g/mol. The van der Waals surface area contributed by atoms with Crippen LogP contribution in [0.25, 0.3) is 0 Å². The number of ether oxygens (including phenoxy) is 1. The van der Waals surface area contributed by atoms with Crippen LogP contribution < -0.4 is 5.32 Å². The van der Waals surface area contributed by atoms with Crippen molar-refractivity contribution >= 4 is 11.9 Å². The molecule has 0 fully saturated rings. The second kappa shape index (κ2) is 71.6. The van der Waals surface area contributed by atoms with E-state index in [1.54, 1.807) is 6.08 Å². The fourth-order valence-electron chi connectivity index (χ4n) is 11.7. The van der Waals surface area contributed by atoms with Crippen LogP contribution >= 0.6 is 0 Å². The van der Waals surface area contributed by atoms with Crippen molar-refractivity contribution in [3.63, 3.8) is 0 Å². The quantitative estimate of drug-likeness (QED) is 0.0320. The molecule has 0 aromatic rings. The Morgan fingerprint density at radius 2 is 0.610 bits per heavy atom. The number of aliphatic hydroxyl groups is 2. The van der Waals surface area contributed by atoms with E-state index in [4.69, 9.17) is 4.74 Å². The molecule has 0 aromatic heterocycles. The Balaban J connectivity index is 3.32. The molecule has 0 saturated heterocycles. The summed E-state index contributed by atoms with van der Waals surface area (Å²) in [5, 5.41) is 23.0. The highest BCUT2D eigenvalue weighted by atomic mass is 16.5. The normalized spacial score (nSPS) is 12.7. The lowest BCUT2D eigenvalue weighted by atomic mass is 10.0. The molecule has 3 N–H and O–H groups in total. The first-order valence-electron chi connectivity index (χ1n) is 37.3. The van der Waals surface area contributed by atoms with Gasteiger partial charge < -0.3 is 20.3 Å². The van der Waals surface area contributed by atoms with Crippen molar-refractivity contribution in [2.45, 2.75) is 424 Å². The number of carbonyl (C=O) groups excluding carboxylic acids is 2. The number of allylic oxidation sites excluding steroid dienone is 5. The lowest BCUT2D eigenvalue weighted by molar-refractivity contribution is -0.143. The number of unbranched alkanes of at least 4 members (excludes halogenated alkanes) is 55. The minimum atomic E-state index is -0.840. The number of nitrogens with one attached hydrogen (secondary N) is 1. The Morgan fingerprint density at radius 1 is 0.341 bits per heavy atom. The van der Waals surface area contributed by atoms with Gasteiger partial charge in [-0.2, -0.15) is 0 Å². The van der Waals surface area contributed by atoms with Crippen LogP contribution in [0.2, 0.25) is 0 Å². The molecular formula is C76H145NO5. The minimum Gasteiger partial charge on any atom is -0.466 e. The van der Waals surface area contributed by atoms with Gasteiger partial charge in [0.25, 0.3) is 0 Å². The fourth-order valence-corrected chi connectivity index (χ4v) is 11.7. The van der Waals surface area contributed by atoms with Crippen molar-refractivity contribution in [3.8, 4) is 0 Å². The molecule has 82 heavy (non-hydrogen) atoms. The Bertz CT molecular complexity index is 1330. The molecule has 0 aliphatic carbocycles. The SMILES string of the molecule is CCCCCCCCC/C=C/C(O)C(CO)NC(=O)CCCCCCCCCCCCCCCCCCC/C=C\C/C=C\CCCCCCCCCCCCCCCCCOC(=O)CCCCCCCCCCCCCCCCCCC. The molecule has 0 spiro atoms. The molecule has 484 valence electrons. The number of hydrogen-bond donors (Lipinski definition) is 3. The number of carbonyl (C=O) groups is 2. The van der Waals surface area contributed by atoms with Crippen molar-refractivity contribution in [2.24, 2.45) is 0 Å². The zero-order valence-corrected chi connectivity index (χ0v) is 55.5. The summed E-state index contributed by atoms with van der Waals surface area (Å²) >= 11 is 0. The third-order valence-electron chi connectivity index (χ3n) is 17.4. The van der Waals surface area contributed by atoms with E-state index in [1.165, 1.54) is 340 Å². The van der Waals surface area contributed by atoms with E-state index < -0.39 is 12.1 Å². The Labute approximate surface area is 513 Å². The zero-order chi connectivity index (χ0) is 59.2. The molecule has 6 nitrogen and oxygen atoms in total. The van der Waals surface area contributed by atoms with E-state index >= 15 is 0 Å². The summed E-state index contributed by atoms with van der Waals surface area (Å²) in [6.07, 6.45) is 92.7. The van der Waals surface area contributed by atoms with Gasteiger partial charge in [0.15, 0.2) is 0 Å². The molecule has 0 rings (SSSR count). The van der Waals surface area contributed by atoms with Gasteiger partial charge in [0, 0.05) is 12.8 Å². The lowest BCUT2D eigenvalue weighted by Gasteiger charge is -2.20. The van der Waals surface area contributed by atoms with E-state index in [0.717, 1.165) is 44.9 Å². The Hall–Kier alpha value is -1.92. The molecule has 0 bridgehead atoms. The van der Waals surface area contributed by atoms with Crippen LogP contribution in [0.1, 0.15) is 412 Å². The lowest BCUT2D eigenvalue weighted by Crippen LogP contribution is -2.45. The first-order chi connectivity index (χ1) is 40.5. The van der Waals surface area contributed by atoms with Crippen LogP contribution in [0, 0.1) is 0 Å². The van der Waals surface area contributed by atoms with Crippen LogP contribution in [0.3, 0.4) is 0 Å². The van der Waals surface area contributed by atoms with Crippen molar-refractivity contribution in [3.05, 3.63) is 36.5 Å². The minimum absolute atomic E-state index is 0.0246. The van der Waals surface area contributed by atoms with Crippen molar-refractivity contribution in [1.29, 1.82) is 0 Å². The van der Waals surface area contributed by atoms with Gasteiger partial charge in [0.1, 0.15) is 0 Å². The first-order valence-corrected chi connectivity index (χ1v) is 37.3. The van der Waals surface area contributed by atoms with Gasteiger partial charge in [-0.25, -0.2) is 0 Å². The van der Waals surface area contributed by atoms with Crippen LogP contribution in [-0.2, 0) is 14.3 Å². The van der Waals surface area contributed by atoms with Crippen molar-refractivity contribution in [1.82, 2.24) is 5.32 Å². The number of rotatable bonds is 70. The molecular weight excluding hydrogens is 1010 g/mol. The van der Waals surface area contributed by atoms with E-state index in [2.05, 4.69) is 43.5 Å². The average Bonchev–Trinajstić information content (AvgIpc) is 3.48. The van der Waals surface area contributed by atoms with E-state index in [-0.39, 0.29) is 18.5 Å². The maximum Gasteiger partial charge on any atom is 0.305 e. The largest absolute Gasteiger partial charge is 0.466 e. The summed E-state index contributed by atoms with van der Waals surface area (Å²) in [5.74, 6) is -0.0417. The third-order valence-corrected chi connectivity index (χ3v) is 17.4. The highest BCUT2D eigenvalue weighted by Gasteiger charge is 2.18. The van der Waals surface area contributed by atoms with Gasteiger partial charge in [-0.1, -0.05) is 371 Å². The van der Waals surface area contributed by atoms with Crippen LogP contribution in [-0.4, -0.2) is 47.4 Å². The van der Waals surface area contributed by atoms with Crippen LogP contribution in [0.4, 0.5) is 0 Å². The van der Waals surface area contributed by atoms with E-state index in [1.807, 2.05) is 6.08 Å². The second-order valence-corrected chi connectivity index (χ2v) is 25.6. The fraction of sp³-hybridized carbons (Fsp3) is 0.895. The number of aliphatic hydroxyl groups excluding tert-OH is 2. The molecule has 1 amide bonds. The summed E-state index contributed by atoms with van der Waals surface area (Å²) in [4.78, 5) is 24.5. The number of hydrogen-bond acceptors (Lipinski definition) is 5. The van der Waals surface area contributed by atoms with Gasteiger partial charge >= 0.3 is 5.97 Å². The van der Waals surface area contributed by atoms with Gasteiger partial charge in [0.2, 0.25) is 5.91 Å². The second-order valence-electron chi connectivity index (χ2n) is 25.6. The van der Waals surface area contributed by atoms with Gasteiger partial charge in [-0.3, -0.25) is 9.59 Å². The van der Waals surface area contributed by atoms with E-state index in [9.17, 15) is 19.8 Å². The van der Waals surface area contributed by atoms with Crippen molar-refractivity contribution in [2.75, 3.05) is 13.2 Å². The highest BCUT2D eigenvalue weighted by Crippen LogP contribution is 2.19. The summed E-state index contributed by atoms with van der Waals surface area (Å²) in [6, 6.07) is -0.623. The first kappa shape index (κ1) is 80.1. The molecule has 0 radical (unpaired) electrons. The van der Waals surface area contributed by atoms with Crippen LogP contribution in [0.5, 0.6) is 0 Å². The zero-order valence-electron chi connectivity index (χ0n) is 55.5. The predicted octanol–water partition coefficient (Wildman–Crippen LogP) is 24.3. The predicted molar refractivity (Wildman–Crippen MR) is 361 cm³/mol. The highest BCUT2D eigenvalue weighted by molar-refractivity contribution is 5.76.